The summed E-state index contributed by atoms with van der Waals surface area (Å²) in [5, 5.41) is 3.79. The lowest BCUT2D eigenvalue weighted by Gasteiger charge is -1.99. The van der Waals surface area contributed by atoms with E-state index in [4.69, 9.17) is 28.9 Å². The molecule has 1 heterocycles. The van der Waals surface area contributed by atoms with Crippen LogP contribution in [0.3, 0.4) is 0 Å². The number of nitrogens with zero attached hydrogens (tertiary/aromatic N) is 2. The van der Waals surface area contributed by atoms with E-state index >= 15 is 0 Å². The number of aliphatic imine (C=N–C) groups is 1. The lowest BCUT2D eigenvalue weighted by Crippen LogP contribution is -2.23. The Hall–Kier alpha value is -1.46. The number of aromatic nitrogens is 2. The average Bonchev–Trinajstić information content (AvgIpc) is 2.60. The molecule has 0 aliphatic heterocycles. The van der Waals surface area contributed by atoms with E-state index in [-0.39, 0.29) is 0 Å². The maximum atomic E-state index is 5.90. The lowest BCUT2D eigenvalue weighted by molar-refractivity contribution is 1.11. The van der Waals surface area contributed by atoms with E-state index < -0.39 is 0 Å². The number of benzene rings is 1. The molecule has 1 aromatic heterocycles. The molecule has 0 saturated heterocycles. The minimum atomic E-state index is 0.309. The van der Waals surface area contributed by atoms with Crippen LogP contribution in [-0.2, 0) is 0 Å². The molecule has 2 aromatic rings. The van der Waals surface area contributed by atoms with Gasteiger partial charge >= 0.3 is 0 Å². The Bertz CT molecular complexity index is 536. The fourth-order valence-electron chi connectivity index (χ4n) is 1.40. The molecule has 0 amide bonds. The van der Waals surface area contributed by atoms with Crippen LogP contribution in [0.2, 0.25) is 10.0 Å². The van der Waals surface area contributed by atoms with Gasteiger partial charge in [0.25, 0.3) is 0 Å². The van der Waals surface area contributed by atoms with Crippen LogP contribution < -0.4 is 11.1 Å². The lowest BCUT2D eigenvalue weighted by atomic mass is 10.3. The Kier molecular flexibility index (Phi) is 3.40. The van der Waals surface area contributed by atoms with E-state index in [9.17, 15) is 0 Å². The second kappa shape index (κ2) is 4.81. The monoisotopic (exact) mass is 271 g/mol. The molecular weight excluding hydrogens is 261 g/mol. The minimum absolute atomic E-state index is 0.309. The van der Waals surface area contributed by atoms with Crippen molar-refractivity contribution in [3.8, 4) is 0 Å². The molecule has 0 bridgehead atoms. The van der Waals surface area contributed by atoms with Crippen molar-refractivity contribution in [2.45, 2.75) is 6.92 Å². The Balaban J connectivity index is 2.35. The van der Waals surface area contributed by atoms with Crippen molar-refractivity contribution in [2.24, 2.45) is 10.7 Å². The van der Waals surface area contributed by atoms with Gasteiger partial charge in [0.05, 0.1) is 21.1 Å². The van der Waals surface area contributed by atoms with Crippen molar-refractivity contribution < 1.29 is 0 Å². The highest BCUT2D eigenvalue weighted by molar-refractivity contribution is 6.42. The molecule has 0 radical (unpaired) electrons. The molecule has 4 N–H and O–H groups in total. The van der Waals surface area contributed by atoms with Gasteiger partial charge in [-0.3, -0.25) is 10.3 Å². The van der Waals surface area contributed by atoms with Gasteiger partial charge in [-0.1, -0.05) is 23.2 Å². The zero-order valence-corrected chi connectivity index (χ0v) is 10.6. The summed E-state index contributed by atoms with van der Waals surface area (Å²) in [7, 11) is 0. The quantitative estimate of drug-likeness (QED) is 0.580. The number of anilines is 1. The van der Waals surface area contributed by atoms with Crippen LogP contribution in [0, 0.1) is 0 Å². The highest BCUT2D eigenvalue weighted by atomic mass is 35.5. The number of fused-ring (bicyclic) bond motifs is 1. The fraction of sp³-hybridized carbons (Fsp3) is 0.200. The van der Waals surface area contributed by atoms with E-state index in [1.807, 2.05) is 6.92 Å². The number of nitrogens with two attached hydrogens (primary N) is 1. The van der Waals surface area contributed by atoms with Crippen LogP contribution in [0.1, 0.15) is 6.92 Å². The molecule has 0 unspecified atom stereocenters. The number of imidazole rings is 1. The predicted molar refractivity (Wildman–Crippen MR) is 71.9 cm³/mol. The molecular formula is C10H11Cl2N5. The molecule has 0 aliphatic rings. The van der Waals surface area contributed by atoms with Gasteiger partial charge in [-0.15, -0.1) is 0 Å². The number of hydrogen-bond donors (Lipinski definition) is 3. The molecule has 0 saturated carbocycles. The zero-order chi connectivity index (χ0) is 12.4. The maximum Gasteiger partial charge on any atom is 0.208 e. The molecule has 1 aromatic carbocycles. The van der Waals surface area contributed by atoms with Crippen LogP contribution in [-0.4, -0.2) is 22.5 Å². The van der Waals surface area contributed by atoms with Crippen LogP contribution in [0.15, 0.2) is 17.1 Å². The van der Waals surface area contributed by atoms with Gasteiger partial charge in [0.1, 0.15) is 0 Å². The predicted octanol–water partition coefficient (Wildman–Crippen LogP) is 2.62. The standard InChI is InChI=1S/C10H11Cl2N5/c1-2-14-9(13)17-10-15-7-3-5(11)6(12)4-8(7)16-10/h3-4H,2H2,1H3,(H4,13,14,15,16,17). The summed E-state index contributed by atoms with van der Waals surface area (Å²) in [6, 6.07) is 3.40. The molecule has 0 atom stereocenters. The summed E-state index contributed by atoms with van der Waals surface area (Å²) < 4.78 is 0. The van der Waals surface area contributed by atoms with Crippen molar-refractivity contribution >= 4 is 46.1 Å². The van der Waals surface area contributed by atoms with Crippen molar-refractivity contribution in [3.05, 3.63) is 22.2 Å². The number of aromatic amines is 1. The molecule has 5 nitrogen and oxygen atoms in total. The number of hydrogen-bond acceptors (Lipinski definition) is 2. The Morgan fingerprint density at radius 2 is 2.18 bits per heavy atom. The van der Waals surface area contributed by atoms with Crippen molar-refractivity contribution in [1.29, 1.82) is 0 Å². The van der Waals surface area contributed by atoms with Gasteiger partial charge in [0.15, 0.2) is 5.96 Å². The first-order chi connectivity index (χ1) is 8.10. The number of H-pyrrole nitrogens is 1. The largest absolute Gasteiger partial charge is 0.370 e. The van der Waals surface area contributed by atoms with Gasteiger partial charge in [0.2, 0.25) is 5.95 Å². The van der Waals surface area contributed by atoms with E-state index in [2.05, 4.69) is 20.3 Å². The van der Waals surface area contributed by atoms with Crippen LogP contribution in [0.25, 0.3) is 11.0 Å². The maximum absolute atomic E-state index is 5.90. The summed E-state index contributed by atoms with van der Waals surface area (Å²) in [6.07, 6.45) is 0. The first kappa shape index (κ1) is 12.0. The summed E-state index contributed by atoms with van der Waals surface area (Å²) in [4.78, 5) is 11.3. The second-order valence-corrected chi connectivity index (χ2v) is 4.17. The third-order valence-corrected chi connectivity index (χ3v) is 2.82. The molecule has 17 heavy (non-hydrogen) atoms. The van der Waals surface area contributed by atoms with Gasteiger partial charge in [-0.25, -0.2) is 4.98 Å². The first-order valence-electron chi connectivity index (χ1n) is 5.02. The molecule has 90 valence electrons. The van der Waals surface area contributed by atoms with Crippen LogP contribution in [0.4, 0.5) is 5.95 Å². The highest BCUT2D eigenvalue weighted by Gasteiger charge is 2.06. The molecule has 7 heteroatoms. The van der Waals surface area contributed by atoms with E-state index in [1.165, 1.54) is 0 Å². The van der Waals surface area contributed by atoms with Gasteiger partial charge in [-0.05, 0) is 19.1 Å². The molecule has 0 aliphatic carbocycles. The molecule has 0 fully saturated rings. The first-order valence-corrected chi connectivity index (χ1v) is 5.77. The normalized spacial score (nSPS) is 12.1. The Labute approximate surface area is 108 Å². The van der Waals surface area contributed by atoms with Gasteiger partial charge in [-0.2, -0.15) is 0 Å². The van der Waals surface area contributed by atoms with Crippen LogP contribution >= 0.6 is 23.2 Å². The third-order valence-electron chi connectivity index (χ3n) is 2.10. The fourth-order valence-corrected chi connectivity index (χ4v) is 1.72. The van der Waals surface area contributed by atoms with E-state index in [1.54, 1.807) is 12.1 Å². The number of halogens is 2. The average molecular weight is 272 g/mol. The number of nitrogens with one attached hydrogen (secondary N) is 2. The zero-order valence-electron chi connectivity index (χ0n) is 9.09. The van der Waals surface area contributed by atoms with Crippen molar-refractivity contribution in [3.63, 3.8) is 0 Å². The summed E-state index contributed by atoms with van der Waals surface area (Å²) in [5.74, 6) is 0.816. The van der Waals surface area contributed by atoms with Gasteiger partial charge < -0.3 is 10.7 Å². The summed E-state index contributed by atoms with van der Waals surface area (Å²) in [6.45, 7) is 2.50. The second-order valence-electron chi connectivity index (χ2n) is 3.35. The number of guanidine groups is 1. The SMILES string of the molecule is CCN=C(N)Nc1nc2cc(Cl)c(Cl)cc2[nH]1. The summed E-state index contributed by atoms with van der Waals surface area (Å²) >= 11 is 11.8. The molecule has 0 spiro atoms. The smallest absolute Gasteiger partial charge is 0.208 e. The highest BCUT2D eigenvalue weighted by Crippen LogP contribution is 2.27. The van der Waals surface area contributed by atoms with Crippen molar-refractivity contribution in [2.75, 3.05) is 11.9 Å². The van der Waals surface area contributed by atoms with Gasteiger partial charge in [0, 0.05) is 6.54 Å². The Morgan fingerprint density at radius 3 is 2.88 bits per heavy atom. The minimum Gasteiger partial charge on any atom is -0.370 e. The molecule has 2 rings (SSSR count). The van der Waals surface area contributed by atoms with E-state index in [0.717, 1.165) is 5.52 Å². The number of rotatable bonds is 2. The summed E-state index contributed by atoms with van der Waals surface area (Å²) in [5.41, 5.74) is 7.12. The van der Waals surface area contributed by atoms with Crippen molar-refractivity contribution in [1.82, 2.24) is 9.97 Å². The van der Waals surface area contributed by atoms with Crippen LogP contribution in [0.5, 0.6) is 0 Å². The van der Waals surface area contributed by atoms with E-state index in [0.29, 0.717) is 34.0 Å². The third kappa shape index (κ3) is 2.62. The Morgan fingerprint density at radius 1 is 1.47 bits per heavy atom. The topological polar surface area (TPSA) is 79.1 Å².